The molecule has 4 heteroatoms. The Morgan fingerprint density at radius 2 is 2.20 bits per heavy atom. The lowest BCUT2D eigenvalue weighted by atomic mass is 9.90. The van der Waals surface area contributed by atoms with Gasteiger partial charge in [-0.2, -0.15) is 0 Å². The van der Waals surface area contributed by atoms with Gasteiger partial charge in [0.25, 0.3) is 0 Å². The van der Waals surface area contributed by atoms with Crippen LogP contribution in [0.3, 0.4) is 0 Å². The number of para-hydroxylation sites is 1. The van der Waals surface area contributed by atoms with Crippen molar-refractivity contribution in [3.05, 3.63) is 29.8 Å². The Morgan fingerprint density at radius 1 is 1.40 bits per heavy atom. The zero-order chi connectivity index (χ0) is 14.4. The molecule has 1 heterocycles. The highest BCUT2D eigenvalue weighted by Crippen LogP contribution is 2.35. The van der Waals surface area contributed by atoms with Crippen molar-refractivity contribution in [2.45, 2.75) is 25.2 Å². The lowest BCUT2D eigenvalue weighted by molar-refractivity contribution is -0.121. The van der Waals surface area contributed by atoms with Gasteiger partial charge in [0.2, 0.25) is 5.91 Å². The van der Waals surface area contributed by atoms with Gasteiger partial charge in [-0.1, -0.05) is 18.2 Å². The van der Waals surface area contributed by atoms with Crippen molar-refractivity contribution in [3.63, 3.8) is 0 Å². The van der Waals surface area contributed by atoms with Crippen molar-refractivity contribution in [2.75, 3.05) is 33.8 Å². The molecule has 0 spiro atoms. The fourth-order valence-corrected chi connectivity index (χ4v) is 2.55. The second kappa shape index (κ2) is 7.29. The number of carbonyl (C=O) groups excluding carboxylic acids is 1. The Morgan fingerprint density at radius 3 is 3.00 bits per heavy atom. The first-order chi connectivity index (χ1) is 9.66. The minimum Gasteiger partial charge on any atom is -0.493 e. The molecule has 1 aromatic rings. The molecule has 1 aromatic carbocycles. The molecule has 0 aromatic heterocycles. The van der Waals surface area contributed by atoms with Gasteiger partial charge in [0.05, 0.1) is 6.61 Å². The van der Waals surface area contributed by atoms with Crippen LogP contribution in [0.4, 0.5) is 0 Å². The number of benzene rings is 1. The van der Waals surface area contributed by atoms with E-state index in [-0.39, 0.29) is 11.8 Å². The van der Waals surface area contributed by atoms with Crippen molar-refractivity contribution in [1.29, 1.82) is 0 Å². The van der Waals surface area contributed by atoms with Crippen LogP contribution >= 0.6 is 0 Å². The number of amides is 1. The van der Waals surface area contributed by atoms with Crippen LogP contribution in [0.5, 0.6) is 5.75 Å². The zero-order valence-corrected chi connectivity index (χ0v) is 12.4. The standard InChI is InChI=1S/C16H24N2O2/c1-18(2)10-5-9-17-16(19)12-13-8-11-20-15-7-4-3-6-14(13)15/h3-4,6-7,13H,5,8-12H2,1-2H3,(H,17,19). The highest BCUT2D eigenvalue weighted by atomic mass is 16.5. The minimum atomic E-state index is 0.144. The van der Waals surface area contributed by atoms with Gasteiger partial charge in [-0.3, -0.25) is 4.79 Å². The summed E-state index contributed by atoms with van der Waals surface area (Å²) in [6.07, 6.45) is 2.47. The number of nitrogens with one attached hydrogen (secondary N) is 1. The van der Waals surface area contributed by atoms with Crippen molar-refractivity contribution in [1.82, 2.24) is 10.2 Å². The Balaban J connectivity index is 1.80. The van der Waals surface area contributed by atoms with Gasteiger partial charge < -0.3 is 15.0 Å². The quantitative estimate of drug-likeness (QED) is 0.808. The smallest absolute Gasteiger partial charge is 0.220 e. The lowest BCUT2D eigenvalue weighted by Crippen LogP contribution is -2.29. The van der Waals surface area contributed by atoms with Gasteiger partial charge in [0.1, 0.15) is 5.75 Å². The minimum absolute atomic E-state index is 0.144. The predicted molar refractivity (Wildman–Crippen MR) is 80.1 cm³/mol. The topological polar surface area (TPSA) is 41.6 Å². The number of ether oxygens (including phenoxy) is 1. The van der Waals surface area contributed by atoms with Crippen molar-refractivity contribution < 1.29 is 9.53 Å². The van der Waals surface area contributed by atoms with E-state index in [1.807, 2.05) is 32.3 Å². The van der Waals surface area contributed by atoms with Gasteiger partial charge in [0.15, 0.2) is 0 Å². The average Bonchev–Trinajstić information content (AvgIpc) is 2.44. The fraction of sp³-hybridized carbons (Fsp3) is 0.562. The summed E-state index contributed by atoms with van der Waals surface area (Å²) in [6, 6.07) is 8.03. The van der Waals surface area contributed by atoms with Crippen LogP contribution < -0.4 is 10.1 Å². The van der Waals surface area contributed by atoms with Gasteiger partial charge in [-0.15, -0.1) is 0 Å². The number of hydrogen-bond acceptors (Lipinski definition) is 3. The van der Waals surface area contributed by atoms with E-state index in [2.05, 4.69) is 16.3 Å². The molecule has 1 aliphatic heterocycles. The molecular weight excluding hydrogens is 252 g/mol. The SMILES string of the molecule is CN(C)CCCNC(=O)CC1CCOc2ccccc21. The van der Waals surface area contributed by atoms with Gasteiger partial charge in [0, 0.05) is 13.0 Å². The van der Waals surface area contributed by atoms with Gasteiger partial charge in [-0.25, -0.2) is 0 Å². The Labute approximate surface area is 121 Å². The Hall–Kier alpha value is -1.55. The summed E-state index contributed by atoms with van der Waals surface area (Å²) >= 11 is 0. The Kier molecular flexibility index (Phi) is 5.41. The van der Waals surface area contributed by atoms with Crippen LogP contribution in [0.2, 0.25) is 0 Å². The van der Waals surface area contributed by atoms with E-state index in [0.717, 1.165) is 31.7 Å². The maximum Gasteiger partial charge on any atom is 0.220 e. The molecule has 1 aliphatic rings. The molecule has 0 aliphatic carbocycles. The molecule has 0 fully saturated rings. The number of carbonyl (C=O) groups is 1. The third kappa shape index (κ3) is 4.23. The number of fused-ring (bicyclic) bond motifs is 1. The van der Waals surface area contributed by atoms with E-state index >= 15 is 0 Å². The Bertz CT molecular complexity index is 446. The maximum atomic E-state index is 12.0. The first kappa shape index (κ1) is 14.9. The largest absolute Gasteiger partial charge is 0.493 e. The summed E-state index contributed by atoms with van der Waals surface area (Å²) in [4.78, 5) is 14.1. The predicted octanol–water partition coefficient (Wildman–Crippen LogP) is 2.01. The van der Waals surface area contributed by atoms with Crippen molar-refractivity contribution in [2.24, 2.45) is 0 Å². The van der Waals surface area contributed by atoms with E-state index in [1.165, 1.54) is 5.56 Å². The van der Waals surface area contributed by atoms with Crippen LogP contribution in [0.25, 0.3) is 0 Å². The maximum absolute atomic E-state index is 12.0. The molecule has 2 rings (SSSR count). The highest BCUT2D eigenvalue weighted by molar-refractivity contribution is 5.77. The van der Waals surface area contributed by atoms with Gasteiger partial charge >= 0.3 is 0 Å². The summed E-state index contributed by atoms with van der Waals surface area (Å²) in [7, 11) is 4.08. The van der Waals surface area contributed by atoms with Crippen LogP contribution in [0.1, 0.15) is 30.7 Å². The molecule has 110 valence electrons. The molecule has 0 saturated carbocycles. The summed E-state index contributed by atoms with van der Waals surface area (Å²) in [5, 5.41) is 3.01. The third-order valence-electron chi connectivity index (χ3n) is 3.62. The van der Waals surface area contributed by atoms with Crippen LogP contribution in [-0.2, 0) is 4.79 Å². The van der Waals surface area contributed by atoms with E-state index in [0.29, 0.717) is 13.0 Å². The molecule has 1 N–H and O–H groups in total. The molecule has 0 bridgehead atoms. The molecule has 1 atom stereocenters. The summed E-state index contributed by atoms with van der Waals surface area (Å²) in [5.41, 5.74) is 1.17. The fourth-order valence-electron chi connectivity index (χ4n) is 2.55. The van der Waals surface area contributed by atoms with Crippen LogP contribution in [-0.4, -0.2) is 44.6 Å². The van der Waals surface area contributed by atoms with Crippen molar-refractivity contribution in [3.8, 4) is 5.75 Å². The van der Waals surface area contributed by atoms with Crippen molar-refractivity contribution >= 4 is 5.91 Å². The molecule has 0 radical (unpaired) electrons. The monoisotopic (exact) mass is 276 g/mol. The van der Waals surface area contributed by atoms with Crippen LogP contribution in [0.15, 0.2) is 24.3 Å². The summed E-state index contributed by atoms with van der Waals surface area (Å²) in [5.74, 6) is 1.36. The van der Waals surface area contributed by atoms with Crippen LogP contribution in [0, 0.1) is 0 Å². The second-order valence-corrected chi connectivity index (χ2v) is 5.58. The third-order valence-corrected chi connectivity index (χ3v) is 3.62. The second-order valence-electron chi connectivity index (χ2n) is 5.58. The lowest BCUT2D eigenvalue weighted by Gasteiger charge is -2.25. The zero-order valence-electron chi connectivity index (χ0n) is 12.4. The average molecular weight is 276 g/mol. The van der Waals surface area contributed by atoms with Gasteiger partial charge in [-0.05, 0) is 51.0 Å². The first-order valence-corrected chi connectivity index (χ1v) is 7.30. The van der Waals surface area contributed by atoms with E-state index in [9.17, 15) is 4.79 Å². The van der Waals surface area contributed by atoms with E-state index < -0.39 is 0 Å². The number of hydrogen-bond donors (Lipinski definition) is 1. The molecular formula is C16H24N2O2. The summed E-state index contributed by atoms with van der Waals surface area (Å²) in [6.45, 7) is 2.46. The molecule has 1 amide bonds. The molecule has 4 nitrogen and oxygen atoms in total. The van der Waals surface area contributed by atoms with E-state index in [4.69, 9.17) is 4.74 Å². The summed E-state index contributed by atoms with van der Waals surface area (Å²) < 4.78 is 5.62. The number of rotatable bonds is 6. The number of nitrogens with zero attached hydrogens (tertiary/aromatic N) is 1. The molecule has 0 saturated heterocycles. The highest BCUT2D eigenvalue weighted by Gasteiger charge is 2.23. The normalized spacial score (nSPS) is 17.4. The molecule has 1 unspecified atom stereocenters. The molecule has 20 heavy (non-hydrogen) atoms. The van der Waals surface area contributed by atoms with E-state index in [1.54, 1.807) is 0 Å². The first-order valence-electron chi connectivity index (χ1n) is 7.30.